The number of ether oxygens (including phenoxy) is 1. The third-order valence-electron chi connectivity index (χ3n) is 4.91. The summed E-state index contributed by atoms with van der Waals surface area (Å²) in [6.45, 7) is 1.92. The molecule has 29 heavy (non-hydrogen) atoms. The van der Waals surface area contributed by atoms with Gasteiger partial charge >= 0.3 is 0 Å². The number of thiazole rings is 1. The van der Waals surface area contributed by atoms with E-state index in [9.17, 15) is 4.79 Å². The van der Waals surface area contributed by atoms with Crippen molar-refractivity contribution in [3.05, 3.63) is 59.2 Å². The van der Waals surface area contributed by atoms with E-state index in [2.05, 4.69) is 4.98 Å². The van der Waals surface area contributed by atoms with Crippen LogP contribution in [0.25, 0.3) is 21.1 Å². The Morgan fingerprint density at radius 1 is 1.10 bits per heavy atom. The number of thioether (sulfide) groups is 1. The molecule has 1 amide bonds. The van der Waals surface area contributed by atoms with Crippen molar-refractivity contribution in [1.29, 1.82) is 0 Å². The zero-order valence-electron chi connectivity index (χ0n) is 15.6. The highest BCUT2D eigenvalue weighted by atomic mass is 35.5. The second-order valence-electron chi connectivity index (χ2n) is 6.73. The summed E-state index contributed by atoms with van der Waals surface area (Å²) in [5, 5.41) is 1.60. The zero-order chi connectivity index (χ0) is 20.1. The van der Waals surface area contributed by atoms with Crippen LogP contribution in [0.15, 0.2) is 48.5 Å². The Balaban J connectivity index is 1.63. The number of aromatic nitrogens is 2. The van der Waals surface area contributed by atoms with Crippen LogP contribution < -0.4 is 9.64 Å². The molecule has 2 aromatic heterocycles. The standard InChI is InChI=1S/C21H16ClN3O2S2/c1-11-19(26)25(21-24-16-8-7-13(27-2)10-17(16)29-21)20(28-11)14-9-12-5-3-4-6-15(12)23-18(14)22/h3-11,20H,1-2H3. The maximum Gasteiger partial charge on any atom is 0.242 e. The number of nitrogens with zero attached hydrogens (tertiary/aromatic N) is 3. The van der Waals surface area contributed by atoms with Gasteiger partial charge in [-0.15, -0.1) is 11.8 Å². The van der Waals surface area contributed by atoms with Crippen LogP contribution in [0.3, 0.4) is 0 Å². The van der Waals surface area contributed by atoms with Gasteiger partial charge in [0.05, 0.1) is 28.1 Å². The average Bonchev–Trinajstić information content (AvgIpc) is 3.27. The number of fused-ring (bicyclic) bond motifs is 2. The summed E-state index contributed by atoms with van der Waals surface area (Å²) in [5.74, 6) is 0.789. The number of para-hydroxylation sites is 1. The van der Waals surface area contributed by atoms with Crippen molar-refractivity contribution in [3.8, 4) is 5.75 Å². The van der Waals surface area contributed by atoms with E-state index in [0.717, 1.165) is 32.4 Å². The van der Waals surface area contributed by atoms with Gasteiger partial charge in [-0.05, 0) is 37.3 Å². The maximum atomic E-state index is 13.0. The molecule has 0 bridgehead atoms. The number of benzene rings is 2. The summed E-state index contributed by atoms with van der Waals surface area (Å²) >= 11 is 9.59. The predicted octanol–water partition coefficient (Wildman–Crippen LogP) is 5.67. The molecule has 2 aromatic carbocycles. The third-order valence-corrected chi connectivity index (χ3v) is 7.57. The minimum atomic E-state index is -0.274. The monoisotopic (exact) mass is 441 g/mol. The molecular weight excluding hydrogens is 426 g/mol. The lowest BCUT2D eigenvalue weighted by molar-refractivity contribution is -0.117. The van der Waals surface area contributed by atoms with Crippen molar-refractivity contribution in [2.75, 3.05) is 12.0 Å². The van der Waals surface area contributed by atoms with Gasteiger partial charge in [-0.2, -0.15) is 0 Å². The van der Waals surface area contributed by atoms with E-state index in [-0.39, 0.29) is 16.5 Å². The van der Waals surface area contributed by atoms with Crippen LogP contribution in [0.4, 0.5) is 5.13 Å². The molecule has 1 aliphatic heterocycles. The predicted molar refractivity (Wildman–Crippen MR) is 120 cm³/mol. The smallest absolute Gasteiger partial charge is 0.242 e. The van der Waals surface area contributed by atoms with Crippen LogP contribution in [0, 0.1) is 0 Å². The van der Waals surface area contributed by atoms with Crippen molar-refractivity contribution >= 4 is 66.9 Å². The summed E-state index contributed by atoms with van der Waals surface area (Å²) in [5.41, 5.74) is 2.50. The Kier molecular flexibility index (Phi) is 4.61. The average molecular weight is 442 g/mol. The molecule has 2 unspecified atom stereocenters. The Morgan fingerprint density at radius 2 is 1.93 bits per heavy atom. The number of pyridine rings is 1. The Labute approximate surface area is 180 Å². The largest absolute Gasteiger partial charge is 0.497 e. The first-order valence-corrected chi connectivity index (χ1v) is 11.2. The SMILES string of the molecule is COc1ccc2nc(N3C(=O)C(C)SC3c3cc4ccccc4nc3Cl)sc2c1. The van der Waals surface area contributed by atoms with Crippen molar-refractivity contribution < 1.29 is 9.53 Å². The molecule has 0 spiro atoms. The molecular formula is C21H16ClN3O2S2. The molecule has 146 valence electrons. The minimum Gasteiger partial charge on any atom is -0.497 e. The van der Waals surface area contributed by atoms with E-state index in [1.165, 1.54) is 11.3 Å². The second-order valence-corrected chi connectivity index (χ2v) is 9.52. The van der Waals surface area contributed by atoms with E-state index in [0.29, 0.717) is 10.3 Å². The van der Waals surface area contributed by atoms with Gasteiger partial charge in [-0.1, -0.05) is 41.1 Å². The molecule has 0 radical (unpaired) electrons. The number of methoxy groups -OCH3 is 1. The van der Waals surface area contributed by atoms with Crippen molar-refractivity contribution in [2.45, 2.75) is 17.5 Å². The summed E-state index contributed by atoms with van der Waals surface area (Å²) in [6, 6.07) is 15.6. The van der Waals surface area contributed by atoms with Gasteiger partial charge in [0.1, 0.15) is 16.3 Å². The van der Waals surface area contributed by atoms with E-state index >= 15 is 0 Å². The molecule has 2 atom stereocenters. The zero-order valence-corrected chi connectivity index (χ0v) is 18.0. The number of hydrogen-bond donors (Lipinski definition) is 0. The Bertz CT molecular complexity index is 1260. The highest BCUT2D eigenvalue weighted by Gasteiger charge is 2.42. The van der Waals surface area contributed by atoms with Crippen molar-refractivity contribution in [3.63, 3.8) is 0 Å². The lowest BCUT2D eigenvalue weighted by Gasteiger charge is -2.22. The normalized spacial score (nSPS) is 19.4. The van der Waals surface area contributed by atoms with E-state index in [4.69, 9.17) is 21.3 Å². The van der Waals surface area contributed by atoms with Crippen LogP contribution in [0.2, 0.25) is 5.15 Å². The van der Waals surface area contributed by atoms with Crippen LogP contribution in [0.5, 0.6) is 5.75 Å². The molecule has 3 heterocycles. The van der Waals surface area contributed by atoms with Crippen molar-refractivity contribution in [1.82, 2.24) is 9.97 Å². The van der Waals surface area contributed by atoms with Gasteiger partial charge in [0, 0.05) is 10.9 Å². The molecule has 0 aliphatic carbocycles. The first-order chi connectivity index (χ1) is 14.0. The number of hydrogen-bond acceptors (Lipinski definition) is 6. The lowest BCUT2D eigenvalue weighted by atomic mass is 10.1. The molecule has 1 fully saturated rings. The topological polar surface area (TPSA) is 55.3 Å². The van der Waals surface area contributed by atoms with Crippen LogP contribution in [-0.2, 0) is 4.79 Å². The van der Waals surface area contributed by atoms with Crippen LogP contribution >= 0.6 is 34.7 Å². The fraction of sp³-hybridized carbons (Fsp3) is 0.190. The number of amides is 1. The fourth-order valence-electron chi connectivity index (χ4n) is 3.44. The maximum absolute atomic E-state index is 13.0. The van der Waals surface area contributed by atoms with E-state index < -0.39 is 0 Å². The van der Waals surface area contributed by atoms with Gasteiger partial charge < -0.3 is 4.74 Å². The number of halogens is 1. The van der Waals surface area contributed by atoms with Crippen LogP contribution in [-0.4, -0.2) is 28.2 Å². The van der Waals surface area contributed by atoms with Crippen molar-refractivity contribution in [2.24, 2.45) is 0 Å². The first kappa shape index (κ1) is 18.7. The lowest BCUT2D eigenvalue weighted by Crippen LogP contribution is -2.30. The minimum absolute atomic E-state index is 0.0234. The number of anilines is 1. The van der Waals surface area contributed by atoms with Gasteiger partial charge in [-0.25, -0.2) is 9.97 Å². The van der Waals surface area contributed by atoms with E-state index in [1.807, 2.05) is 55.5 Å². The third kappa shape index (κ3) is 3.13. The molecule has 4 aromatic rings. The molecule has 5 nitrogen and oxygen atoms in total. The molecule has 1 saturated heterocycles. The number of carbonyl (C=O) groups excluding carboxylic acids is 1. The van der Waals surface area contributed by atoms with Crippen LogP contribution in [0.1, 0.15) is 17.9 Å². The summed E-state index contributed by atoms with van der Waals surface area (Å²) in [6.07, 6.45) is 0. The first-order valence-electron chi connectivity index (χ1n) is 9.03. The van der Waals surface area contributed by atoms with E-state index in [1.54, 1.807) is 23.8 Å². The Morgan fingerprint density at radius 3 is 2.76 bits per heavy atom. The van der Waals surface area contributed by atoms with Gasteiger partial charge in [0.25, 0.3) is 0 Å². The molecule has 1 aliphatic rings. The summed E-state index contributed by atoms with van der Waals surface area (Å²) < 4.78 is 6.28. The highest BCUT2D eigenvalue weighted by molar-refractivity contribution is 8.01. The summed E-state index contributed by atoms with van der Waals surface area (Å²) in [4.78, 5) is 24.1. The molecule has 5 rings (SSSR count). The second kappa shape index (κ2) is 7.16. The highest BCUT2D eigenvalue weighted by Crippen LogP contribution is 2.49. The summed E-state index contributed by atoms with van der Waals surface area (Å²) in [7, 11) is 1.64. The fourth-order valence-corrected chi connectivity index (χ4v) is 6.11. The molecule has 0 N–H and O–H groups in total. The van der Waals surface area contributed by atoms with Gasteiger partial charge in [-0.3, -0.25) is 9.69 Å². The quantitative estimate of drug-likeness (QED) is 0.383. The Hall–Kier alpha value is -2.35. The molecule has 0 saturated carbocycles. The van der Waals surface area contributed by atoms with Gasteiger partial charge in [0.2, 0.25) is 5.91 Å². The number of carbonyl (C=O) groups is 1. The molecule has 8 heteroatoms. The number of rotatable bonds is 3. The van der Waals surface area contributed by atoms with Gasteiger partial charge in [0.15, 0.2) is 5.13 Å².